The van der Waals surface area contributed by atoms with Crippen molar-refractivity contribution >= 4 is 21.6 Å². The molecule has 0 saturated heterocycles. The summed E-state index contributed by atoms with van der Waals surface area (Å²) in [4.78, 5) is 0. The Labute approximate surface area is 126 Å². The monoisotopic (exact) mass is 319 g/mol. The van der Waals surface area contributed by atoms with Gasteiger partial charge in [0, 0.05) is 11.1 Å². The minimum Gasteiger partial charge on any atom is -0.387 e. The van der Waals surface area contributed by atoms with Gasteiger partial charge in [-0.15, -0.1) is 0 Å². The molecule has 0 radical (unpaired) electrons. The van der Waals surface area contributed by atoms with Gasteiger partial charge >= 0.3 is 0 Å². The van der Waals surface area contributed by atoms with E-state index in [-0.39, 0.29) is 11.7 Å². The van der Waals surface area contributed by atoms with E-state index in [1.807, 2.05) is 13.8 Å². The molecule has 0 spiro atoms. The molecule has 0 aromatic heterocycles. The van der Waals surface area contributed by atoms with E-state index in [0.717, 1.165) is 6.42 Å². The van der Waals surface area contributed by atoms with Crippen LogP contribution in [0.5, 0.6) is 0 Å². The SMILES string of the molecule is CCC(C)CS(=O)(=O)NC(C)C(O)c1ccc(Cl)cc1. The van der Waals surface area contributed by atoms with E-state index in [9.17, 15) is 13.5 Å². The maximum Gasteiger partial charge on any atom is 0.212 e. The van der Waals surface area contributed by atoms with Gasteiger partial charge in [0.05, 0.1) is 11.9 Å². The fourth-order valence-corrected chi connectivity index (χ4v) is 3.74. The molecule has 0 fully saturated rings. The van der Waals surface area contributed by atoms with E-state index in [1.54, 1.807) is 31.2 Å². The quantitative estimate of drug-likeness (QED) is 0.812. The second-order valence-corrected chi connectivity index (χ2v) is 7.43. The van der Waals surface area contributed by atoms with Gasteiger partial charge in [-0.1, -0.05) is 44.0 Å². The van der Waals surface area contributed by atoms with Crippen LogP contribution in [-0.2, 0) is 10.0 Å². The van der Waals surface area contributed by atoms with Crippen molar-refractivity contribution in [2.45, 2.75) is 39.3 Å². The average molecular weight is 320 g/mol. The minimum absolute atomic E-state index is 0.0706. The van der Waals surface area contributed by atoms with E-state index in [4.69, 9.17) is 11.6 Å². The lowest BCUT2D eigenvalue weighted by molar-refractivity contribution is 0.146. The number of benzene rings is 1. The molecule has 1 aromatic carbocycles. The van der Waals surface area contributed by atoms with Crippen LogP contribution in [0.2, 0.25) is 5.02 Å². The van der Waals surface area contributed by atoms with Gasteiger partial charge in [0.25, 0.3) is 0 Å². The number of halogens is 1. The molecular formula is C14H22ClNO3S. The normalized spacial score (nSPS) is 16.6. The van der Waals surface area contributed by atoms with Crippen LogP contribution in [0.1, 0.15) is 38.9 Å². The predicted octanol–water partition coefficient (Wildman–Crippen LogP) is 2.73. The Hall–Kier alpha value is -0.620. The van der Waals surface area contributed by atoms with Crippen LogP contribution in [0.3, 0.4) is 0 Å². The molecule has 0 heterocycles. The van der Waals surface area contributed by atoms with E-state index in [0.29, 0.717) is 10.6 Å². The summed E-state index contributed by atoms with van der Waals surface area (Å²) < 4.78 is 26.4. The Kier molecular flexibility index (Phi) is 6.45. The molecule has 114 valence electrons. The highest BCUT2D eigenvalue weighted by molar-refractivity contribution is 7.89. The van der Waals surface area contributed by atoms with Crippen LogP contribution in [0.25, 0.3) is 0 Å². The number of sulfonamides is 1. The molecule has 1 aromatic rings. The summed E-state index contributed by atoms with van der Waals surface area (Å²) in [5.74, 6) is 0.161. The van der Waals surface area contributed by atoms with Crippen molar-refractivity contribution in [1.82, 2.24) is 4.72 Å². The van der Waals surface area contributed by atoms with Crippen LogP contribution in [0.4, 0.5) is 0 Å². The molecule has 0 aliphatic carbocycles. The fourth-order valence-electron chi connectivity index (χ4n) is 1.84. The molecule has 1 rings (SSSR count). The van der Waals surface area contributed by atoms with Gasteiger partial charge in [-0.05, 0) is 30.5 Å². The van der Waals surface area contributed by atoms with E-state index in [2.05, 4.69) is 4.72 Å². The molecule has 20 heavy (non-hydrogen) atoms. The smallest absolute Gasteiger partial charge is 0.212 e. The molecule has 6 heteroatoms. The molecule has 3 unspecified atom stereocenters. The van der Waals surface area contributed by atoms with Crippen molar-refractivity contribution in [3.63, 3.8) is 0 Å². The maximum atomic E-state index is 12.0. The molecule has 4 nitrogen and oxygen atoms in total. The zero-order valence-corrected chi connectivity index (χ0v) is 13.6. The van der Waals surface area contributed by atoms with E-state index >= 15 is 0 Å². The van der Waals surface area contributed by atoms with Crippen LogP contribution < -0.4 is 4.72 Å². The highest BCUT2D eigenvalue weighted by atomic mass is 35.5. The van der Waals surface area contributed by atoms with Gasteiger partial charge in [0.1, 0.15) is 0 Å². The van der Waals surface area contributed by atoms with Crippen molar-refractivity contribution in [2.24, 2.45) is 5.92 Å². The third kappa shape index (κ3) is 5.40. The number of aliphatic hydroxyl groups excluding tert-OH is 1. The van der Waals surface area contributed by atoms with Crippen LogP contribution in [0, 0.1) is 5.92 Å². The van der Waals surface area contributed by atoms with Crippen molar-refractivity contribution in [2.75, 3.05) is 5.75 Å². The highest BCUT2D eigenvalue weighted by Gasteiger charge is 2.23. The van der Waals surface area contributed by atoms with E-state index < -0.39 is 22.2 Å². The van der Waals surface area contributed by atoms with Crippen molar-refractivity contribution in [1.29, 1.82) is 0 Å². The Bertz CT molecular complexity index is 516. The summed E-state index contributed by atoms with van der Waals surface area (Å²) in [6.07, 6.45) is -0.103. The number of hydrogen-bond donors (Lipinski definition) is 2. The molecule has 0 amide bonds. The first-order valence-electron chi connectivity index (χ1n) is 6.68. The molecule has 0 aliphatic rings. The second kappa shape index (κ2) is 7.41. The number of aliphatic hydroxyl groups is 1. The molecular weight excluding hydrogens is 298 g/mol. The lowest BCUT2D eigenvalue weighted by Gasteiger charge is -2.21. The summed E-state index contributed by atoms with van der Waals surface area (Å²) in [5.41, 5.74) is 0.633. The lowest BCUT2D eigenvalue weighted by atomic mass is 10.0. The summed E-state index contributed by atoms with van der Waals surface area (Å²) in [5, 5.41) is 10.7. The second-order valence-electron chi connectivity index (χ2n) is 5.20. The number of rotatable bonds is 7. The number of hydrogen-bond acceptors (Lipinski definition) is 3. The summed E-state index contributed by atoms with van der Waals surface area (Å²) >= 11 is 5.78. The van der Waals surface area contributed by atoms with Crippen molar-refractivity contribution in [3.8, 4) is 0 Å². The summed E-state index contributed by atoms with van der Waals surface area (Å²) in [7, 11) is -3.39. The largest absolute Gasteiger partial charge is 0.387 e. The first-order valence-corrected chi connectivity index (χ1v) is 8.71. The first-order chi connectivity index (χ1) is 9.25. The standard InChI is InChI=1S/C14H22ClNO3S/c1-4-10(2)9-20(18,19)16-11(3)14(17)12-5-7-13(15)8-6-12/h5-8,10-11,14,16-17H,4,9H2,1-3H3. The Balaban J connectivity index is 2.70. The van der Waals surface area contributed by atoms with Gasteiger partial charge < -0.3 is 5.11 Å². The van der Waals surface area contributed by atoms with Crippen molar-refractivity contribution < 1.29 is 13.5 Å². The zero-order valence-electron chi connectivity index (χ0n) is 12.0. The minimum atomic E-state index is -3.39. The molecule has 0 saturated carbocycles. The van der Waals surface area contributed by atoms with Crippen LogP contribution in [0.15, 0.2) is 24.3 Å². The van der Waals surface area contributed by atoms with Crippen molar-refractivity contribution in [3.05, 3.63) is 34.9 Å². The molecule has 0 aliphatic heterocycles. The molecule has 3 atom stereocenters. The molecule has 0 bridgehead atoms. The topological polar surface area (TPSA) is 66.4 Å². The third-order valence-corrected chi connectivity index (χ3v) is 5.24. The first kappa shape index (κ1) is 17.4. The van der Waals surface area contributed by atoms with Gasteiger partial charge in [-0.25, -0.2) is 13.1 Å². The molecule has 2 N–H and O–H groups in total. The lowest BCUT2D eigenvalue weighted by Crippen LogP contribution is -2.39. The van der Waals surface area contributed by atoms with Gasteiger partial charge in [0.2, 0.25) is 10.0 Å². The van der Waals surface area contributed by atoms with Gasteiger partial charge in [-0.3, -0.25) is 0 Å². The summed E-state index contributed by atoms with van der Waals surface area (Å²) in [6, 6.07) is 6.12. The Morgan fingerprint density at radius 2 is 1.80 bits per heavy atom. The van der Waals surface area contributed by atoms with E-state index in [1.165, 1.54) is 0 Å². The zero-order chi connectivity index (χ0) is 15.3. The van der Waals surface area contributed by atoms with Gasteiger partial charge in [-0.2, -0.15) is 0 Å². The fraction of sp³-hybridized carbons (Fsp3) is 0.571. The van der Waals surface area contributed by atoms with Crippen LogP contribution in [-0.4, -0.2) is 25.3 Å². The number of nitrogens with one attached hydrogen (secondary N) is 1. The van der Waals surface area contributed by atoms with Crippen LogP contribution >= 0.6 is 11.6 Å². The predicted molar refractivity (Wildman–Crippen MR) is 82.3 cm³/mol. The van der Waals surface area contributed by atoms with Gasteiger partial charge in [0.15, 0.2) is 0 Å². The summed E-state index contributed by atoms with van der Waals surface area (Å²) in [6.45, 7) is 5.49. The maximum absolute atomic E-state index is 12.0. The highest BCUT2D eigenvalue weighted by Crippen LogP contribution is 2.20. The Morgan fingerprint density at radius 3 is 2.30 bits per heavy atom. The third-order valence-electron chi connectivity index (χ3n) is 3.25. The Morgan fingerprint density at radius 1 is 1.25 bits per heavy atom. The average Bonchev–Trinajstić information content (AvgIpc) is 2.37.